The van der Waals surface area contributed by atoms with E-state index in [-0.39, 0.29) is 0 Å². The second kappa shape index (κ2) is 9.95. The summed E-state index contributed by atoms with van der Waals surface area (Å²) in [4.78, 5) is 49.1. The van der Waals surface area contributed by atoms with Crippen LogP contribution in [0.1, 0.15) is 34.1 Å². The first-order valence-corrected chi connectivity index (χ1v) is 9.73. The number of carbonyl (C=O) groups is 4. The lowest BCUT2D eigenvalue weighted by atomic mass is 9.99. The van der Waals surface area contributed by atoms with Gasteiger partial charge in [0.05, 0.1) is 13.2 Å². The van der Waals surface area contributed by atoms with Crippen molar-refractivity contribution in [1.29, 1.82) is 0 Å². The van der Waals surface area contributed by atoms with Crippen molar-refractivity contribution in [2.45, 2.75) is 39.7 Å². The van der Waals surface area contributed by atoms with Gasteiger partial charge in [0.15, 0.2) is 18.1 Å². The molecule has 1 aromatic carbocycles. The second-order valence-corrected chi connectivity index (χ2v) is 6.74. The van der Waals surface area contributed by atoms with E-state index in [0.717, 1.165) is 4.90 Å². The Morgan fingerprint density at radius 3 is 2.37 bits per heavy atom. The molecule has 2 N–H and O–H groups in total. The highest BCUT2D eigenvalue weighted by Gasteiger charge is 2.47. The van der Waals surface area contributed by atoms with E-state index in [1.807, 2.05) is 13.8 Å². The van der Waals surface area contributed by atoms with E-state index < -0.39 is 42.5 Å². The molecule has 0 aliphatic carbocycles. The molecule has 1 fully saturated rings. The zero-order valence-corrected chi connectivity index (χ0v) is 17.6. The van der Waals surface area contributed by atoms with E-state index in [2.05, 4.69) is 10.6 Å². The molecule has 0 spiro atoms. The lowest BCUT2D eigenvalue weighted by molar-refractivity contribution is -0.150. The van der Waals surface area contributed by atoms with Crippen molar-refractivity contribution in [1.82, 2.24) is 10.2 Å². The molecule has 0 bridgehead atoms. The van der Waals surface area contributed by atoms with Gasteiger partial charge in [0, 0.05) is 11.8 Å². The number of nitrogens with one attached hydrogen (secondary N) is 2. The third-order valence-electron chi connectivity index (χ3n) is 4.53. The van der Waals surface area contributed by atoms with Crippen LogP contribution in [0.4, 0.5) is 10.5 Å². The molecule has 10 nitrogen and oxygen atoms in total. The molecule has 0 unspecified atom stereocenters. The summed E-state index contributed by atoms with van der Waals surface area (Å²) in [6, 6.07) is 4.24. The standard InChI is InChI=1S/C20H27N3O7/c1-5-20(4)18(26)23(19(27)22-20)11-17(25)30-12-16(24)21-13-8-9-14(28-6-2)15(10-13)29-7-3/h8-10H,5-7,11-12H2,1-4H3,(H,21,24)(H,22,27)/t20-/m0/s1. The van der Waals surface area contributed by atoms with E-state index in [1.165, 1.54) is 0 Å². The summed E-state index contributed by atoms with van der Waals surface area (Å²) in [5.74, 6) is -0.918. The highest BCUT2D eigenvalue weighted by molar-refractivity contribution is 6.08. The monoisotopic (exact) mass is 421 g/mol. The Morgan fingerprint density at radius 1 is 1.10 bits per heavy atom. The molecule has 10 heteroatoms. The molecule has 164 valence electrons. The van der Waals surface area contributed by atoms with Crippen LogP contribution in [0.15, 0.2) is 18.2 Å². The number of nitrogens with zero attached hydrogens (tertiary/aromatic N) is 1. The minimum Gasteiger partial charge on any atom is -0.490 e. The zero-order valence-electron chi connectivity index (χ0n) is 17.6. The third kappa shape index (κ3) is 5.40. The molecule has 30 heavy (non-hydrogen) atoms. The van der Waals surface area contributed by atoms with Gasteiger partial charge in [0.25, 0.3) is 11.8 Å². The average molecular weight is 421 g/mol. The highest BCUT2D eigenvalue weighted by atomic mass is 16.5. The van der Waals surface area contributed by atoms with Gasteiger partial charge in [-0.3, -0.25) is 19.3 Å². The Morgan fingerprint density at radius 2 is 1.77 bits per heavy atom. The molecule has 1 aliphatic heterocycles. The Hall–Kier alpha value is -3.30. The van der Waals surface area contributed by atoms with E-state index in [0.29, 0.717) is 36.8 Å². The summed E-state index contributed by atoms with van der Waals surface area (Å²) < 4.78 is 15.8. The van der Waals surface area contributed by atoms with Crippen LogP contribution >= 0.6 is 0 Å². The second-order valence-electron chi connectivity index (χ2n) is 6.74. The van der Waals surface area contributed by atoms with Gasteiger partial charge in [-0.2, -0.15) is 0 Å². The summed E-state index contributed by atoms with van der Waals surface area (Å²) in [5.41, 5.74) is -0.600. The lowest BCUT2D eigenvalue weighted by Gasteiger charge is -2.18. The van der Waals surface area contributed by atoms with Crippen LogP contribution < -0.4 is 20.1 Å². The van der Waals surface area contributed by atoms with Gasteiger partial charge < -0.3 is 24.8 Å². The topological polar surface area (TPSA) is 123 Å². The van der Waals surface area contributed by atoms with Crippen LogP contribution in [0, 0.1) is 0 Å². The number of ether oxygens (including phenoxy) is 3. The maximum Gasteiger partial charge on any atom is 0.326 e. The summed E-state index contributed by atoms with van der Waals surface area (Å²) in [6.45, 7) is 6.78. The first kappa shape index (κ1) is 23.0. The van der Waals surface area contributed by atoms with E-state index in [1.54, 1.807) is 32.0 Å². The minimum absolute atomic E-state index is 0.386. The van der Waals surface area contributed by atoms with Crippen molar-refractivity contribution in [3.63, 3.8) is 0 Å². The van der Waals surface area contributed by atoms with Crippen LogP contribution in [0.2, 0.25) is 0 Å². The highest BCUT2D eigenvalue weighted by Crippen LogP contribution is 2.30. The van der Waals surface area contributed by atoms with Crippen LogP contribution in [0.5, 0.6) is 11.5 Å². The number of imide groups is 1. The average Bonchev–Trinajstić information content (AvgIpc) is 2.92. The molecule has 2 rings (SSSR count). The number of benzene rings is 1. The summed E-state index contributed by atoms with van der Waals surface area (Å²) in [7, 11) is 0. The van der Waals surface area contributed by atoms with Crippen LogP contribution in [0.3, 0.4) is 0 Å². The third-order valence-corrected chi connectivity index (χ3v) is 4.53. The molecule has 1 aromatic rings. The van der Waals surface area contributed by atoms with Gasteiger partial charge in [0.1, 0.15) is 12.1 Å². The van der Waals surface area contributed by atoms with Gasteiger partial charge in [0.2, 0.25) is 0 Å². The molecule has 0 saturated carbocycles. The molecule has 1 saturated heterocycles. The number of esters is 1. The Bertz CT molecular complexity index is 827. The van der Waals surface area contributed by atoms with Crippen molar-refractivity contribution < 1.29 is 33.4 Å². The first-order valence-electron chi connectivity index (χ1n) is 9.73. The van der Waals surface area contributed by atoms with Crippen LogP contribution in [-0.4, -0.2) is 60.6 Å². The van der Waals surface area contributed by atoms with E-state index >= 15 is 0 Å². The largest absolute Gasteiger partial charge is 0.490 e. The number of amides is 4. The quantitative estimate of drug-likeness (QED) is 0.435. The number of anilines is 1. The molecule has 4 amide bonds. The van der Waals surface area contributed by atoms with Crippen molar-refractivity contribution in [3.8, 4) is 11.5 Å². The summed E-state index contributed by atoms with van der Waals surface area (Å²) in [6.07, 6.45) is 0.386. The van der Waals surface area contributed by atoms with E-state index in [4.69, 9.17) is 14.2 Å². The van der Waals surface area contributed by atoms with Gasteiger partial charge >= 0.3 is 12.0 Å². The minimum atomic E-state index is -1.04. The molecule has 0 radical (unpaired) electrons. The SMILES string of the molecule is CCOc1ccc(NC(=O)COC(=O)CN2C(=O)N[C@@](C)(CC)C2=O)cc1OCC. The predicted octanol–water partition coefficient (Wildman–Crippen LogP) is 1.69. The fraction of sp³-hybridized carbons (Fsp3) is 0.500. The molecule has 0 aromatic heterocycles. The van der Waals surface area contributed by atoms with Crippen LogP contribution in [0.25, 0.3) is 0 Å². The van der Waals surface area contributed by atoms with Gasteiger partial charge in [-0.25, -0.2) is 4.79 Å². The van der Waals surface area contributed by atoms with Crippen molar-refractivity contribution in [2.24, 2.45) is 0 Å². The maximum absolute atomic E-state index is 12.3. The summed E-state index contributed by atoms with van der Waals surface area (Å²) >= 11 is 0. The fourth-order valence-electron chi connectivity index (χ4n) is 2.78. The van der Waals surface area contributed by atoms with Crippen molar-refractivity contribution in [2.75, 3.05) is 31.7 Å². The lowest BCUT2D eigenvalue weighted by Crippen LogP contribution is -2.43. The van der Waals surface area contributed by atoms with Crippen molar-refractivity contribution in [3.05, 3.63) is 18.2 Å². The molecule has 1 atom stereocenters. The van der Waals surface area contributed by atoms with E-state index in [9.17, 15) is 19.2 Å². The normalized spacial score (nSPS) is 18.1. The number of urea groups is 1. The smallest absolute Gasteiger partial charge is 0.326 e. The van der Waals surface area contributed by atoms with Gasteiger partial charge in [-0.15, -0.1) is 0 Å². The number of hydrogen-bond donors (Lipinski definition) is 2. The zero-order chi connectivity index (χ0) is 22.3. The molecule has 1 heterocycles. The fourth-order valence-corrected chi connectivity index (χ4v) is 2.78. The molecule has 1 aliphatic rings. The number of carbonyl (C=O) groups excluding carboxylic acids is 4. The Kier molecular flexibility index (Phi) is 7.62. The molecular weight excluding hydrogens is 394 g/mol. The number of rotatable bonds is 10. The molecular formula is C20H27N3O7. The Balaban J connectivity index is 1.89. The van der Waals surface area contributed by atoms with Crippen LogP contribution in [-0.2, 0) is 19.1 Å². The Labute approximate surface area is 174 Å². The van der Waals surface area contributed by atoms with Gasteiger partial charge in [-0.05, 0) is 39.3 Å². The van der Waals surface area contributed by atoms with Crippen molar-refractivity contribution >= 4 is 29.5 Å². The van der Waals surface area contributed by atoms with Gasteiger partial charge in [-0.1, -0.05) is 6.92 Å². The predicted molar refractivity (Wildman–Crippen MR) is 107 cm³/mol. The first-order chi connectivity index (χ1) is 14.2. The maximum atomic E-state index is 12.3. The number of hydrogen-bond acceptors (Lipinski definition) is 7. The summed E-state index contributed by atoms with van der Waals surface area (Å²) in [5, 5.41) is 5.13.